The minimum atomic E-state index is -1.68. The molecule has 0 heterocycles. The highest BCUT2D eigenvalue weighted by molar-refractivity contribution is 5.93. The molecule has 0 radical (unpaired) electrons. The highest BCUT2D eigenvalue weighted by Gasteiger charge is 2.62. The number of ether oxygens (including phenoxy) is 3. The van der Waals surface area contributed by atoms with Crippen molar-refractivity contribution >= 4 is 11.9 Å². The third-order valence-electron chi connectivity index (χ3n) is 5.29. The fraction of sp³-hybridized carbons (Fsp3) is 0.500. The van der Waals surface area contributed by atoms with Crippen molar-refractivity contribution in [3.8, 4) is 6.07 Å². The zero-order valence-electron chi connectivity index (χ0n) is 18.2. The molecule has 0 aliphatic heterocycles. The number of carbonyl (C=O) groups excluding carboxylic acids is 2. The van der Waals surface area contributed by atoms with Crippen LogP contribution in [0.4, 0.5) is 17.6 Å². The number of methoxy groups -OCH3 is 1. The quantitative estimate of drug-likeness (QED) is 0.192. The number of allylic oxidation sites excluding steroid dienone is 1. The summed E-state index contributed by atoms with van der Waals surface area (Å²) in [6.45, 7) is 4.84. The van der Waals surface area contributed by atoms with Gasteiger partial charge in [0.2, 0.25) is 0 Å². The second-order valence-electron chi connectivity index (χ2n) is 8.22. The van der Waals surface area contributed by atoms with Crippen LogP contribution in [-0.4, -0.2) is 25.2 Å². The van der Waals surface area contributed by atoms with Gasteiger partial charge in [-0.2, -0.15) is 5.26 Å². The van der Waals surface area contributed by atoms with Crippen LogP contribution in [0.2, 0.25) is 0 Å². The van der Waals surface area contributed by atoms with Gasteiger partial charge in [0.15, 0.2) is 23.3 Å². The highest BCUT2D eigenvalue weighted by Crippen LogP contribution is 2.60. The lowest BCUT2D eigenvalue weighted by Gasteiger charge is -2.12. The summed E-state index contributed by atoms with van der Waals surface area (Å²) in [6.07, 6.45) is 0.838. The molecule has 2 unspecified atom stereocenters. The number of benzene rings is 1. The average Bonchev–Trinajstić information content (AvgIpc) is 3.26. The van der Waals surface area contributed by atoms with Crippen molar-refractivity contribution < 1.29 is 41.4 Å². The van der Waals surface area contributed by atoms with E-state index in [-0.39, 0.29) is 5.57 Å². The average molecular weight is 457 g/mol. The summed E-state index contributed by atoms with van der Waals surface area (Å²) in [5.74, 6) is -9.80. The second kappa shape index (κ2) is 9.69. The van der Waals surface area contributed by atoms with Crippen LogP contribution < -0.4 is 0 Å². The second-order valence-corrected chi connectivity index (χ2v) is 8.22. The molecule has 1 aromatic rings. The van der Waals surface area contributed by atoms with E-state index in [0.717, 1.165) is 7.11 Å². The molecule has 2 atom stereocenters. The van der Waals surface area contributed by atoms with Gasteiger partial charge in [0.1, 0.15) is 18.2 Å². The number of hydrogen-bond donors (Lipinski definition) is 0. The van der Waals surface area contributed by atoms with E-state index in [9.17, 15) is 32.4 Å². The first-order valence-corrected chi connectivity index (χ1v) is 9.70. The van der Waals surface area contributed by atoms with Gasteiger partial charge in [-0.1, -0.05) is 19.9 Å². The van der Waals surface area contributed by atoms with Crippen molar-refractivity contribution in [2.45, 2.75) is 47.0 Å². The van der Waals surface area contributed by atoms with E-state index in [1.54, 1.807) is 33.8 Å². The van der Waals surface area contributed by atoms with Gasteiger partial charge < -0.3 is 14.2 Å². The third kappa shape index (κ3) is 4.93. The lowest BCUT2D eigenvalue weighted by molar-refractivity contribution is -0.148. The van der Waals surface area contributed by atoms with Gasteiger partial charge in [-0.15, -0.1) is 0 Å². The molecule has 1 aliphatic carbocycles. The molecule has 174 valence electrons. The molecule has 0 spiro atoms. The van der Waals surface area contributed by atoms with E-state index in [4.69, 9.17) is 9.47 Å². The monoisotopic (exact) mass is 457 g/mol. The van der Waals surface area contributed by atoms with Crippen LogP contribution >= 0.6 is 0 Å². The number of nitrogens with zero attached hydrogens (tertiary/aromatic N) is 1. The largest absolute Gasteiger partial charge is 0.460 e. The van der Waals surface area contributed by atoms with Crippen LogP contribution in [0.3, 0.4) is 0 Å². The van der Waals surface area contributed by atoms with Crippen LogP contribution in [0, 0.1) is 51.9 Å². The first-order chi connectivity index (χ1) is 14.9. The molecule has 0 aromatic heterocycles. The summed E-state index contributed by atoms with van der Waals surface area (Å²) >= 11 is 0. The lowest BCUT2D eigenvalue weighted by Crippen LogP contribution is -2.15. The third-order valence-corrected chi connectivity index (χ3v) is 5.29. The van der Waals surface area contributed by atoms with E-state index in [2.05, 4.69) is 4.74 Å². The Morgan fingerprint density at radius 3 is 2.00 bits per heavy atom. The maximum absolute atomic E-state index is 14.2. The standard InChI is InChI=1S/C22H23F4NO5/c1-10(2)32-20(28)11(7-27)6-14-15(22(14,3)4)21(29)31-9-13-18(25)16(23)12(8-30-5)17(24)19(13)26/h6,10,14-15H,8-9H2,1-5H3/b11-6+. The summed E-state index contributed by atoms with van der Waals surface area (Å²) in [7, 11) is 1.10. The molecule has 1 saturated carbocycles. The smallest absolute Gasteiger partial charge is 0.348 e. The normalized spacial score (nSPS) is 19.5. The van der Waals surface area contributed by atoms with E-state index >= 15 is 0 Å². The van der Waals surface area contributed by atoms with Crippen molar-refractivity contribution in [2.75, 3.05) is 7.11 Å². The number of halogens is 4. The van der Waals surface area contributed by atoms with E-state index in [1.165, 1.54) is 6.08 Å². The fourth-order valence-corrected chi connectivity index (χ4v) is 3.40. The zero-order valence-corrected chi connectivity index (χ0v) is 18.2. The molecular weight excluding hydrogens is 434 g/mol. The first-order valence-electron chi connectivity index (χ1n) is 9.70. The van der Waals surface area contributed by atoms with Crippen LogP contribution in [0.1, 0.15) is 38.8 Å². The van der Waals surface area contributed by atoms with E-state index in [1.807, 2.05) is 0 Å². The predicted molar refractivity (Wildman–Crippen MR) is 102 cm³/mol. The molecule has 2 rings (SSSR count). The number of nitriles is 1. The Balaban J connectivity index is 2.18. The van der Waals surface area contributed by atoms with Crippen LogP contribution in [0.5, 0.6) is 0 Å². The molecule has 1 fully saturated rings. The van der Waals surface area contributed by atoms with Crippen LogP contribution in [0.15, 0.2) is 11.6 Å². The topological polar surface area (TPSA) is 85.6 Å². The van der Waals surface area contributed by atoms with Gasteiger partial charge in [0, 0.05) is 7.11 Å². The van der Waals surface area contributed by atoms with Crippen molar-refractivity contribution in [1.29, 1.82) is 5.26 Å². The fourth-order valence-electron chi connectivity index (χ4n) is 3.40. The van der Waals surface area contributed by atoms with Gasteiger partial charge in [0.05, 0.1) is 29.8 Å². The molecule has 10 heteroatoms. The minimum absolute atomic E-state index is 0.290. The van der Waals surface area contributed by atoms with Crippen molar-refractivity contribution in [3.63, 3.8) is 0 Å². The molecule has 32 heavy (non-hydrogen) atoms. The Kier molecular flexibility index (Phi) is 7.67. The molecule has 6 nitrogen and oxygen atoms in total. The summed E-state index contributed by atoms with van der Waals surface area (Å²) in [5.41, 5.74) is -3.00. The Labute approximate surface area is 182 Å². The SMILES string of the molecule is COCc1c(F)c(F)c(COC(=O)C2C(/C=C(\C#N)C(=O)OC(C)C)C2(C)C)c(F)c1F. The summed E-state index contributed by atoms with van der Waals surface area (Å²) < 4.78 is 70.9. The summed E-state index contributed by atoms with van der Waals surface area (Å²) in [6, 6.07) is 1.72. The molecule has 0 bridgehead atoms. The van der Waals surface area contributed by atoms with E-state index < -0.39 is 82.9 Å². The molecule has 1 aromatic carbocycles. The van der Waals surface area contributed by atoms with Crippen molar-refractivity contribution in [3.05, 3.63) is 46.0 Å². The minimum Gasteiger partial charge on any atom is -0.460 e. The van der Waals surface area contributed by atoms with Crippen molar-refractivity contribution in [1.82, 2.24) is 0 Å². The maximum Gasteiger partial charge on any atom is 0.348 e. The van der Waals surface area contributed by atoms with Gasteiger partial charge in [-0.3, -0.25) is 4.79 Å². The number of hydrogen-bond acceptors (Lipinski definition) is 6. The van der Waals surface area contributed by atoms with Gasteiger partial charge in [0.25, 0.3) is 0 Å². The van der Waals surface area contributed by atoms with Gasteiger partial charge >= 0.3 is 11.9 Å². The number of rotatable bonds is 8. The van der Waals surface area contributed by atoms with E-state index in [0.29, 0.717) is 0 Å². The summed E-state index contributed by atoms with van der Waals surface area (Å²) in [5, 5.41) is 9.21. The Bertz CT molecular complexity index is 968. The molecule has 0 N–H and O–H groups in total. The zero-order chi connectivity index (χ0) is 24.4. The van der Waals surface area contributed by atoms with Gasteiger partial charge in [-0.25, -0.2) is 22.4 Å². The number of carbonyl (C=O) groups is 2. The van der Waals surface area contributed by atoms with Crippen LogP contribution in [0.25, 0.3) is 0 Å². The Morgan fingerprint density at radius 2 is 1.56 bits per heavy atom. The maximum atomic E-state index is 14.2. The van der Waals surface area contributed by atoms with Crippen molar-refractivity contribution in [2.24, 2.45) is 17.3 Å². The van der Waals surface area contributed by atoms with Crippen LogP contribution in [-0.2, 0) is 37.0 Å². The highest BCUT2D eigenvalue weighted by atomic mass is 19.2. The summed E-state index contributed by atoms with van der Waals surface area (Å²) in [4.78, 5) is 24.4. The Hall–Kier alpha value is -2.93. The number of esters is 2. The molecular formula is C22H23F4NO5. The lowest BCUT2D eigenvalue weighted by atomic mass is 10.1. The van der Waals surface area contributed by atoms with Gasteiger partial charge in [-0.05, 0) is 25.2 Å². The first kappa shape index (κ1) is 25.3. The Morgan fingerprint density at radius 1 is 1.06 bits per heavy atom. The molecule has 1 aliphatic rings. The predicted octanol–water partition coefficient (Wildman–Crippen LogP) is 4.11. The molecule has 0 amide bonds. The molecule has 0 saturated heterocycles.